The van der Waals surface area contributed by atoms with Gasteiger partial charge in [0.2, 0.25) is 0 Å². The molecule has 20 heavy (non-hydrogen) atoms. The minimum atomic E-state index is 0.470. The van der Waals surface area contributed by atoms with Gasteiger partial charge >= 0.3 is 0 Å². The lowest BCUT2D eigenvalue weighted by atomic mass is 10.0. The number of ether oxygens (including phenoxy) is 1. The summed E-state index contributed by atoms with van der Waals surface area (Å²) in [5, 5.41) is 5.15. The van der Waals surface area contributed by atoms with Crippen molar-refractivity contribution in [3.05, 3.63) is 28.2 Å². The van der Waals surface area contributed by atoms with E-state index in [1.54, 1.807) is 11.8 Å². The Balaban J connectivity index is 1.94. The quantitative estimate of drug-likeness (QED) is 0.743. The lowest BCUT2D eigenvalue weighted by Crippen LogP contribution is -2.39. The van der Waals surface area contributed by atoms with Gasteiger partial charge in [0.15, 0.2) is 0 Å². The maximum absolute atomic E-state index is 6.22. The van der Waals surface area contributed by atoms with E-state index in [4.69, 9.17) is 27.9 Å². The third-order valence-corrected chi connectivity index (χ3v) is 5.35. The second kappa shape index (κ2) is 8.50. The summed E-state index contributed by atoms with van der Waals surface area (Å²) in [6.07, 6.45) is 2.29. The van der Waals surface area contributed by atoms with Crippen LogP contribution in [0.4, 0.5) is 0 Å². The van der Waals surface area contributed by atoms with E-state index in [1.165, 1.54) is 0 Å². The Morgan fingerprint density at radius 1 is 1.45 bits per heavy atom. The Morgan fingerprint density at radius 3 is 3.00 bits per heavy atom. The first kappa shape index (κ1) is 16.4. The Bertz CT molecular complexity index is 424. The number of benzene rings is 1. The monoisotopic (exact) mass is 333 g/mol. The Morgan fingerprint density at radius 2 is 2.30 bits per heavy atom. The molecule has 1 heterocycles. The third kappa shape index (κ3) is 4.81. The molecule has 1 N–H and O–H groups in total. The van der Waals surface area contributed by atoms with Gasteiger partial charge in [0.25, 0.3) is 0 Å². The fourth-order valence-electron chi connectivity index (χ4n) is 2.33. The van der Waals surface area contributed by atoms with Gasteiger partial charge in [-0.15, -0.1) is 11.8 Å². The van der Waals surface area contributed by atoms with Crippen molar-refractivity contribution >= 4 is 35.0 Å². The topological polar surface area (TPSA) is 21.3 Å². The van der Waals surface area contributed by atoms with Crippen molar-refractivity contribution < 1.29 is 4.74 Å². The van der Waals surface area contributed by atoms with E-state index in [1.807, 2.05) is 18.2 Å². The zero-order valence-electron chi connectivity index (χ0n) is 11.7. The predicted molar refractivity (Wildman–Crippen MR) is 88.2 cm³/mol. The highest BCUT2D eigenvalue weighted by Gasteiger charge is 2.25. The smallest absolute Gasteiger partial charge is 0.0542 e. The molecule has 5 heteroatoms. The maximum atomic E-state index is 6.22. The second-order valence-corrected chi connectivity index (χ2v) is 6.98. The minimum Gasteiger partial charge on any atom is -0.381 e. The summed E-state index contributed by atoms with van der Waals surface area (Å²) in [4.78, 5) is 1.06. The summed E-state index contributed by atoms with van der Waals surface area (Å²) in [5.41, 5.74) is 0. The molecule has 2 unspecified atom stereocenters. The molecular weight excluding hydrogens is 313 g/mol. The van der Waals surface area contributed by atoms with Gasteiger partial charge in [-0.05, 0) is 37.6 Å². The van der Waals surface area contributed by atoms with Crippen LogP contribution in [-0.2, 0) is 4.74 Å². The third-order valence-electron chi connectivity index (χ3n) is 3.50. The van der Waals surface area contributed by atoms with Crippen LogP contribution in [0.2, 0.25) is 10.0 Å². The van der Waals surface area contributed by atoms with Crippen molar-refractivity contribution in [2.45, 2.75) is 30.7 Å². The molecule has 1 aliphatic heterocycles. The van der Waals surface area contributed by atoms with Crippen LogP contribution in [0.15, 0.2) is 23.1 Å². The summed E-state index contributed by atoms with van der Waals surface area (Å²) in [7, 11) is 0. The molecule has 1 aliphatic rings. The molecule has 2 rings (SSSR count). The van der Waals surface area contributed by atoms with E-state index in [-0.39, 0.29) is 0 Å². The molecule has 1 saturated heterocycles. The molecule has 0 aromatic heterocycles. The lowest BCUT2D eigenvalue weighted by Gasteiger charge is -2.23. The summed E-state index contributed by atoms with van der Waals surface area (Å²) in [6.45, 7) is 4.99. The molecule has 0 radical (unpaired) electrons. The first-order valence-corrected chi connectivity index (χ1v) is 8.84. The van der Waals surface area contributed by atoms with E-state index in [9.17, 15) is 0 Å². The fourth-order valence-corrected chi connectivity index (χ4v) is 4.01. The first-order chi connectivity index (χ1) is 9.70. The van der Waals surface area contributed by atoms with E-state index >= 15 is 0 Å². The summed E-state index contributed by atoms with van der Waals surface area (Å²) >= 11 is 14.0. The van der Waals surface area contributed by atoms with Crippen molar-refractivity contribution in [3.8, 4) is 0 Å². The first-order valence-electron chi connectivity index (χ1n) is 7.09. The standard InChI is InChI=1S/C15H21Cl2NOS/c1-2-6-18-14(11-5-7-19-9-11)10-20-15-8-12(16)3-4-13(15)17/h3-4,8,11,14,18H,2,5-7,9-10H2,1H3. The van der Waals surface area contributed by atoms with Gasteiger partial charge in [0.1, 0.15) is 0 Å². The highest BCUT2D eigenvalue weighted by atomic mass is 35.5. The van der Waals surface area contributed by atoms with Crippen molar-refractivity contribution in [1.29, 1.82) is 0 Å². The van der Waals surface area contributed by atoms with Crippen LogP contribution in [0.5, 0.6) is 0 Å². The number of hydrogen-bond donors (Lipinski definition) is 1. The number of thioether (sulfide) groups is 1. The molecule has 1 aromatic rings. The van der Waals surface area contributed by atoms with Crippen molar-refractivity contribution in [1.82, 2.24) is 5.32 Å². The molecule has 0 saturated carbocycles. The fraction of sp³-hybridized carbons (Fsp3) is 0.600. The van der Waals surface area contributed by atoms with Crippen LogP contribution in [-0.4, -0.2) is 31.6 Å². The Kier molecular flexibility index (Phi) is 6.99. The summed E-state index contributed by atoms with van der Waals surface area (Å²) in [6, 6.07) is 6.10. The highest BCUT2D eigenvalue weighted by Crippen LogP contribution is 2.31. The molecule has 1 aromatic carbocycles. The van der Waals surface area contributed by atoms with Crippen LogP contribution in [0, 0.1) is 5.92 Å². The minimum absolute atomic E-state index is 0.470. The zero-order chi connectivity index (χ0) is 14.4. The molecule has 0 aliphatic carbocycles. The van der Waals surface area contributed by atoms with Gasteiger partial charge in [-0.3, -0.25) is 0 Å². The van der Waals surface area contributed by atoms with Crippen LogP contribution >= 0.6 is 35.0 Å². The van der Waals surface area contributed by atoms with Crippen LogP contribution in [0.25, 0.3) is 0 Å². The van der Waals surface area contributed by atoms with E-state index < -0.39 is 0 Å². The molecular formula is C15H21Cl2NOS. The number of nitrogens with one attached hydrogen (secondary N) is 1. The average molecular weight is 334 g/mol. The lowest BCUT2D eigenvalue weighted by molar-refractivity contribution is 0.179. The zero-order valence-corrected chi connectivity index (χ0v) is 14.0. The molecule has 0 amide bonds. The molecule has 2 atom stereocenters. The molecule has 2 nitrogen and oxygen atoms in total. The average Bonchev–Trinajstić information content (AvgIpc) is 2.96. The van der Waals surface area contributed by atoms with Gasteiger partial charge in [-0.2, -0.15) is 0 Å². The Labute approximate surface area is 135 Å². The molecule has 0 bridgehead atoms. The highest BCUT2D eigenvalue weighted by molar-refractivity contribution is 7.99. The molecule has 112 valence electrons. The summed E-state index contributed by atoms with van der Waals surface area (Å²) < 4.78 is 5.52. The van der Waals surface area contributed by atoms with Crippen molar-refractivity contribution in [2.75, 3.05) is 25.5 Å². The van der Waals surface area contributed by atoms with Gasteiger partial charge in [-0.1, -0.05) is 30.1 Å². The Hall–Kier alpha value is 0.0700. The van der Waals surface area contributed by atoms with E-state index in [2.05, 4.69) is 12.2 Å². The van der Waals surface area contributed by atoms with Crippen molar-refractivity contribution in [3.63, 3.8) is 0 Å². The number of hydrogen-bond acceptors (Lipinski definition) is 3. The van der Waals surface area contributed by atoms with Crippen molar-refractivity contribution in [2.24, 2.45) is 5.92 Å². The number of rotatable bonds is 7. The maximum Gasteiger partial charge on any atom is 0.0542 e. The normalized spacial score (nSPS) is 20.2. The van der Waals surface area contributed by atoms with Gasteiger partial charge < -0.3 is 10.1 Å². The molecule has 0 spiro atoms. The van der Waals surface area contributed by atoms with Gasteiger partial charge in [0.05, 0.1) is 11.6 Å². The summed E-state index contributed by atoms with van der Waals surface area (Å²) in [5.74, 6) is 1.60. The second-order valence-electron chi connectivity index (χ2n) is 5.07. The largest absolute Gasteiger partial charge is 0.381 e. The van der Waals surface area contributed by atoms with Gasteiger partial charge in [0, 0.05) is 34.2 Å². The number of halogens is 2. The predicted octanol–water partition coefficient (Wildman–Crippen LogP) is 4.49. The molecule has 1 fully saturated rings. The van der Waals surface area contributed by atoms with Crippen LogP contribution in [0.1, 0.15) is 19.8 Å². The van der Waals surface area contributed by atoms with Crippen LogP contribution < -0.4 is 5.32 Å². The SMILES string of the molecule is CCCNC(CSc1cc(Cl)ccc1Cl)C1CCOC1. The van der Waals surface area contributed by atoms with E-state index in [0.717, 1.165) is 53.3 Å². The van der Waals surface area contributed by atoms with Crippen LogP contribution in [0.3, 0.4) is 0 Å². The van der Waals surface area contributed by atoms with E-state index in [0.29, 0.717) is 12.0 Å². The van der Waals surface area contributed by atoms with Gasteiger partial charge in [-0.25, -0.2) is 0 Å².